The van der Waals surface area contributed by atoms with Gasteiger partial charge in [-0.15, -0.1) is 0 Å². The van der Waals surface area contributed by atoms with Crippen LogP contribution in [-0.2, 0) is 11.3 Å². The van der Waals surface area contributed by atoms with Gasteiger partial charge in [0.15, 0.2) is 0 Å². The minimum absolute atomic E-state index is 0.483. The molecule has 98 valence electrons. The summed E-state index contributed by atoms with van der Waals surface area (Å²) in [6.07, 6.45) is 0.597. The van der Waals surface area contributed by atoms with Gasteiger partial charge in [0, 0.05) is 26.7 Å². The molecule has 1 heterocycles. The van der Waals surface area contributed by atoms with Crippen molar-refractivity contribution in [3.05, 3.63) is 17.3 Å². The number of methoxy groups -OCH3 is 1. The van der Waals surface area contributed by atoms with Gasteiger partial charge in [-0.1, -0.05) is 0 Å². The van der Waals surface area contributed by atoms with Crippen LogP contribution in [0.15, 0.2) is 4.42 Å². The highest BCUT2D eigenvalue weighted by atomic mass is 16.5. The van der Waals surface area contributed by atoms with E-state index >= 15 is 0 Å². The van der Waals surface area contributed by atoms with Gasteiger partial charge in [-0.2, -0.15) is 0 Å². The van der Waals surface area contributed by atoms with Gasteiger partial charge in [-0.25, -0.2) is 4.98 Å². The Morgan fingerprint density at radius 3 is 2.71 bits per heavy atom. The summed E-state index contributed by atoms with van der Waals surface area (Å²) in [6.45, 7) is 7.14. The van der Waals surface area contributed by atoms with Gasteiger partial charge in [0.05, 0.1) is 17.8 Å². The second kappa shape index (κ2) is 6.14. The van der Waals surface area contributed by atoms with Crippen molar-refractivity contribution in [2.24, 2.45) is 0 Å². The average Bonchev–Trinajstić information content (AvgIpc) is 2.55. The summed E-state index contributed by atoms with van der Waals surface area (Å²) in [4.78, 5) is 4.26. The van der Waals surface area contributed by atoms with Crippen molar-refractivity contribution >= 4 is 0 Å². The number of ether oxygens (including phenoxy) is 1. The molecule has 0 saturated carbocycles. The molecule has 0 fully saturated rings. The molecule has 2 N–H and O–H groups in total. The van der Waals surface area contributed by atoms with Crippen molar-refractivity contribution in [2.45, 2.75) is 39.3 Å². The Morgan fingerprint density at radius 2 is 2.18 bits per heavy atom. The molecule has 5 nitrogen and oxygen atoms in total. The molecule has 1 aromatic rings. The molecule has 1 atom stereocenters. The van der Waals surface area contributed by atoms with Gasteiger partial charge in [0.2, 0.25) is 5.89 Å². The minimum Gasteiger partial charge on any atom is -0.444 e. The van der Waals surface area contributed by atoms with E-state index < -0.39 is 5.60 Å². The van der Waals surface area contributed by atoms with Crippen molar-refractivity contribution in [3.8, 4) is 0 Å². The third kappa shape index (κ3) is 4.85. The molecular weight excluding hydrogens is 220 g/mol. The quantitative estimate of drug-likeness (QED) is 0.751. The maximum absolute atomic E-state index is 9.99. The van der Waals surface area contributed by atoms with Crippen LogP contribution < -0.4 is 5.32 Å². The molecule has 1 unspecified atom stereocenters. The van der Waals surface area contributed by atoms with Crippen molar-refractivity contribution in [1.29, 1.82) is 0 Å². The van der Waals surface area contributed by atoms with Crippen LogP contribution in [0.5, 0.6) is 0 Å². The summed E-state index contributed by atoms with van der Waals surface area (Å²) < 4.78 is 10.4. The van der Waals surface area contributed by atoms with Crippen LogP contribution in [0, 0.1) is 13.8 Å². The van der Waals surface area contributed by atoms with Crippen LogP contribution in [0.25, 0.3) is 0 Å². The number of hydrogen-bond donors (Lipinski definition) is 2. The standard InChI is InChI=1S/C12H22N2O3/c1-9-10(2)17-11(14-9)7-13-8-12(3,15)5-6-16-4/h13,15H,5-8H2,1-4H3. The lowest BCUT2D eigenvalue weighted by atomic mass is 10.0. The molecule has 0 radical (unpaired) electrons. The number of aromatic nitrogens is 1. The van der Waals surface area contributed by atoms with Crippen molar-refractivity contribution in [3.63, 3.8) is 0 Å². The molecule has 17 heavy (non-hydrogen) atoms. The molecule has 1 rings (SSSR count). The monoisotopic (exact) mass is 242 g/mol. The molecule has 0 amide bonds. The normalized spacial score (nSPS) is 14.9. The third-order valence-electron chi connectivity index (χ3n) is 2.70. The lowest BCUT2D eigenvalue weighted by Crippen LogP contribution is -2.38. The minimum atomic E-state index is -0.771. The SMILES string of the molecule is COCCC(C)(O)CNCc1nc(C)c(C)o1. The predicted octanol–water partition coefficient (Wildman–Crippen LogP) is 1.17. The largest absolute Gasteiger partial charge is 0.444 e. The van der Waals surface area contributed by atoms with Crippen molar-refractivity contribution < 1.29 is 14.3 Å². The van der Waals surface area contributed by atoms with Crippen LogP contribution in [0.1, 0.15) is 30.7 Å². The van der Waals surface area contributed by atoms with Crippen LogP contribution in [0.3, 0.4) is 0 Å². The number of hydrogen-bond acceptors (Lipinski definition) is 5. The van der Waals surface area contributed by atoms with Crippen LogP contribution in [0.4, 0.5) is 0 Å². The highest BCUT2D eigenvalue weighted by molar-refractivity contribution is 5.05. The van der Waals surface area contributed by atoms with Crippen LogP contribution in [0.2, 0.25) is 0 Å². The van der Waals surface area contributed by atoms with E-state index in [4.69, 9.17) is 9.15 Å². The molecule has 0 aliphatic carbocycles. The number of aryl methyl sites for hydroxylation is 2. The predicted molar refractivity (Wildman–Crippen MR) is 64.8 cm³/mol. The Balaban J connectivity index is 2.31. The van der Waals surface area contributed by atoms with E-state index in [9.17, 15) is 5.11 Å². The highest BCUT2D eigenvalue weighted by Gasteiger charge is 2.19. The summed E-state index contributed by atoms with van der Waals surface area (Å²) in [7, 11) is 1.63. The van der Waals surface area contributed by atoms with Gasteiger partial charge >= 0.3 is 0 Å². The molecule has 5 heteroatoms. The summed E-state index contributed by atoms with van der Waals surface area (Å²) in [5, 5.41) is 13.1. The Hall–Kier alpha value is -0.910. The fourth-order valence-corrected chi connectivity index (χ4v) is 1.46. The lowest BCUT2D eigenvalue weighted by Gasteiger charge is -2.22. The first-order chi connectivity index (χ1) is 7.94. The summed E-state index contributed by atoms with van der Waals surface area (Å²) >= 11 is 0. The van der Waals surface area contributed by atoms with Gasteiger partial charge < -0.3 is 19.6 Å². The molecule has 0 bridgehead atoms. The Morgan fingerprint density at radius 1 is 1.47 bits per heavy atom. The molecular formula is C12H22N2O3. The summed E-state index contributed by atoms with van der Waals surface area (Å²) in [5.41, 5.74) is 0.139. The topological polar surface area (TPSA) is 67.5 Å². The second-order valence-electron chi connectivity index (χ2n) is 4.59. The van der Waals surface area contributed by atoms with Gasteiger partial charge in [0.25, 0.3) is 0 Å². The first kappa shape index (κ1) is 14.2. The number of aliphatic hydroxyl groups is 1. The molecule has 0 aliphatic rings. The zero-order valence-corrected chi connectivity index (χ0v) is 11.0. The van der Waals surface area contributed by atoms with Crippen LogP contribution in [-0.4, -0.2) is 36.0 Å². The maximum atomic E-state index is 9.99. The molecule has 1 aromatic heterocycles. The van der Waals surface area contributed by atoms with E-state index in [0.29, 0.717) is 32.0 Å². The Bertz CT molecular complexity index is 328. The zero-order chi connectivity index (χ0) is 12.9. The fourth-order valence-electron chi connectivity index (χ4n) is 1.46. The second-order valence-corrected chi connectivity index (χ2v) is 4.59. The van der Waals surface area contributed by atoms with E-state index in [1.165, 1.54) is 0 Å². The fraction of sp³-hybridized carbons (Fsp3) is 0.750. The van der Waals surface area contributed by atoms with E-state index in [1.807, 2.05) is 13.8 Å². The number of oxazole rings is 1. The smallest absolute Gasteiger partial charge is 0.208 e. The van der Waals surface area contributed by atoms with E-state index in [-0.39, 0.29) is 0 Å². The first-order valence-corrected chi connectivity index (χ1v) is 5.79. The lowest BCUT2D eigenvalue weighted by molar-refractivity contribution is 0.0244. The molecule has 0 aromatic carbocycles. The Labute approximate surface area is 102 Å². The van der Waals surface area contributed by atoms with E-state index in [0.717, 1.165) is 11.5 Å². The van der Waals surface area contributed by atoms with Crippen molar-refractivity contribution in [1.82, 2.24) is 10.3 Å². The maximum Gasteiger partial charge on any atom is 0.208 e. The van der Waals surface area contributed by atoms with Crippen molar-refractivity contribution in [2.75, 3.05) is 20.3 Å². The third-order valence-corrected chi connectivity index (χ3v) is 2.70. The number of nitrogens with zero attached hydrogens (tertiary/aromatic N) is 1. The zero-order valence-electron chi connectivity index (χ0n) is 11.0. The molecule has 0 aliphatic heterocycles. The van der Waals surface area contributed by atoms with Crippen LogP contribution >= 0.6 is 0 Å². The molecule has 0 saturated heterocycles. The Kier molecular flexibility index (Phi) is 5.11. The number of nitrogens with one attached hydrogen (secondary N) is 1. The highest BCUT2D eigenvalue weighted by Crippen LogP contribution is 2.10. The summed E-state index contributed by atoms with van der Waals surface area (Å²) in [5.74, 6) is 1.50. The van der Waals surface area contributed by atoms with E-state index in [2.05, 4.69) is 10.3 Å². The average molecular weight is 242 g/mol. The first-order valence-electron chi connectivity index (χ1n) is 5.79. The number of rotatable bonds is 7. The summed E-state index contributed by atoms with van der Waals surface area (Å²) in [6, 6.07) is 0. The van der Waals surface area contributed by atoms with Gasteiger partial charge in [0.1, 0.15) is 5.76 Å². The van der Waals surface area contributed by atoms with Gasteiger partial charge in [-0.3, -0.25) is 0 Å². The van der Waals surface area contributed by atoms with E-state index in [1.54, 1.807) is 14.0 Å². The van der Waals surface area contributed by atoms with Gasteiger partial charge in [-0.05, 0) is 20.8 Å². The molecule has 0 spiro atoms.